The summed E-state index contributed by atoms with van der Waals surface area (Å²) in [5.74, 6) is 1.83. The molecule has 1 amide bonds. The van der Waals surface area contributed by atoms with Gasteiger partial charge in [-0.05, 0) is 79.0 Å². The van der Waals surface area contributed by atoms with E-state index in [0.717, 1.165) is 55.2 Å². The molecule has 34 heavy (non-hydrogen) atoms. The normalized spacial score (nSPS) is 20.1. The van der Waals surface area contributed by atoms with Crippen molar-refractivity contribution in [2.24, 2.45) is 11.7 Å². The van der Waals surface area contributed by atoms with Crippen LogP contribution in [-0.4, -0.2) is 24.0 Å². The van der Waals surface area contributed by atoms with Gasteiger partial charge in [-0.2, -0.15) is 0 Å². The molecule has 3 aromatic rings. The van der Waals surface area contributed by atoms with Crippen LogP contribution in [-0.2, 0) is 11.3 Å². The molecular formula is C28H30N2O4. The van der Waals surface area contributed by atoms with E-state index in [2.05, 4.69) is 35.3 Å². The van der Waals surface area contributed by atoms with Gasteiger partial charge in [-0.15, -0.1) is 0 Å². The number of carbonyl (C=O) groups is 2. The SMILES string of the molecule is COc1ccc(C2CCC(C(=O)c3nc(COC(N)=O)ccc3C3CC3)CC2)c2ccccc12. The number of nitrogens with zero attached hydrogens (tertiary/aromatic N) is 1. The molecule has 5 rings (SSSR count). The molecular weight excluding hydrogens is 428 g/mol. The van der Waals surface area contributed by atoms with E-state index < -0.39 is 6.09 Å². The Balaban J connectivity index is 1.34. The Kier molecular flexibility index (Phi) is 6.22. The van der Waals surface area contributed by atoms with Crippen LogP contribution in [0.15, 0.2) is 48.5 Å². The van der Waals surface area contributed by atoms with Gasteiger partial charge in [0, 0.05) is 11.3 Å². The molecule has 2 aliphatic carbocycles. The Hall–Kier alpha value is -3.41. The van der Waals surface area contributed by atoms with Crippen LogP contribution in [0.1, 0.15) is 77.7 Å². The average molecular weight is 459 g/mol. The van der Waals surface area contributed by atoms with Crippen LogP contribution in [0.3, 0.4) is 0 Å². The molecule has 176 valence electrons. The van der Waals surface area contributed by atoms with E-state index in [9.17, 15) is 9.59 Å². The van der Waals surface area contributed by atoms with Gasteiger partial charge >= 0.3 is 6.09 Å². The lowest BCUT2D eigenvalue weighted by Gasteiger charge is -2.29. The fourth-order valence-corrected chi connectivity index (χ4v) is 5.35. The highest BCUT2D eigenvalue weighted by atomic mass is 16.5. The molecule has 0 atom stereocenters. The quantitative estimate of drug-likeness (QED) is 0.447. The van der Waals surface area contributed by atoms with E-state index in [1.165, 1.54) is 10.9 Å². The first kappa shape index (κ1) is 22.4. The predicted molar refractivity (Wildman–Crippen MR) is 130 cm³/mol. The zero-order valence-electron chi connectivity index (χ0n) is 19.5. The fraction of sp³-hybridized carbons (Fsp3) is 0.393. The number of benzene rings is 2. The van der Waals surface area contributed by atoms with Crippen molar-refractivity contribution in [1.82, 2.24) is 4.98 Å². The van der Waals surface area contributed by atoms with Gasteiger partial charge in [0.05, 0.1) is 12.8 Å². The van der Waals surface area contributed by atoms with Gasteiger partial charge in [0.2, 0.25) is 0 Å². The minimum Gasteiger partial charge on any atom is -0.496 e. The molecule has 2 fully saturated rings. The molecule has 0 bridgehead atoms. The highest BCUT2D eigenvalue weighted by molar-refractivity contribution is 5.98. The second-order valence-electron chi connectivity index (χ2n) is 9.44. The van der Waals surface area contributed by atoms with Crippen molar-refractivity contribution in [3.8, 4) is 5.75 Å². The molecule has 0 saturated heterocycles. The number of Topliss-reactive ketones (excluding diaryl/α,β-unsaturated/α-hetero) is 1. The maximum Gasteiger partial charge on any atom is 0.404 e. The Bertz CT molecular complexity index is 1230. The maximum absolute atomic E-state index is 13.6. The van der Waals surface area contributed by atoms with Crippen LogP contribution < -0.4 is 10.5 Å². The molecule has 2 N–H and O–H groups in total. The van der Waals surface area contributed by atoms with Gasteiger partial charge in [-0.25, -0.2) is 9.78 Å². The molecule has 0 unspecified atom stereocenters. The molecule has 1 aromatic heterocycles. The maximum atomic E-state index is 13.6. The van der Waals surface area contributed by atoms with Crippen molar-refractivity contribution < 1.29 is 19.1 Å². The van der Waals surface area contributed by atoms with Crippen molar-refractivity contribution in [2.45, 2.75) is 57.0 Å². The summed E-state index contributed by atoms with van der Waals surface area (Å²) in [7, 11) is 1.71. The number of rotatable bonds is 7. The van der Waals surface area contributed by atoms with Gasteiger partial charge in [0.1, 0.15) is 18.1 Å². The summed E-state index contributed by atoms with van der Waals surface area (Å²) < 4.78 is 10.5. The van der Waals surface area contributed by atoms with E-state index in [4.69, 9.17) is 15.2 Å². The Morgan fingerprint density at radius 2 is 1.53 bits per heavy atom. The zero-order valence-corrected chi connectivity index (χ0v) is 19.5. The van der Waals surface area contributed by atoms with Crippen molar-refractivity contribution in [1.29, 1.82) is 0 Å². The summed E-state index contributed by atoms with van der Waals surface area (Å²) in [6.07, 6.45) is 4.97. The number of aromatic nitrogens is 1. The lowest BCUT2D eigenvalue weighted by atomic mass is 9.75. The van der Waals surface area contributed by atoms with E-state index in [0.29, 0.717) is 23.2 Å². The summed E-state index contributed by atoms with van der Waals surface area (Å²) in [4.78, 5) is 29.2. The summed E-state index contributed by atoms with van der Waals surface area (Å²) in [5, 5.41) is 2.37. The standard InChI is InChI=1S/C28H30N2O4/c1-33-25-15-14-21(23-4-2-3-5-24(23)25)17-8-10-19(11-9-17)27(31)26-22(18-6-7-18)13-12-20(30-26)16-34-28(29)32/h2-5,12-15,17-19H,6-11,16H2,1H3,(H2,29,32). The van der Waals surface area contributed by atoms with Gasteiger partial charge in [-0.1, -0.05) is 36.4 Å². The largest absolute Gasteiger partial charge is 0.496 e. The predicted octanol–water partition coefficient (Wildman–Crippen LogP) is 5.87. The molecule has 0 spiro atoms. The lowest BCUT2D eigenvalue weighted by Crippen LogP contribution is -2.24. The summed E-state index contributed by atoms with van der Waals surface area (Å²) >= 11 is 0. The summed E-state index contributed by atoms with van der Waals surface area (Å²) in [6, 6.07) is 16.4. The van der Waals surface area contributed by atoms with Crippen LogP contribution in [0.4, 0.5) is 4.79 Å². The Labute approximate surface area is 199 Å². The Morgan fingerprint density at radius 1 is 0.882 bits per heavy atom. The Morgan fingerprint density at radius 3 is 2.21 bits per heavy atom. The second kappa shape index (κ2) is 9.45. The number of amides is 1. The number of carbonyl (C=O) groups excluding carboxylic acids is 2. The third-order valence-corrected chi connectivity index (χ3v) is 7.27. The van der Waals surface area contributed by atoms with Gasteiger partial charge in [0.25, 0.3) is 0 Å². The van der Waals surface area contributed by atoms with Crippen molar-refractivity contribution in [3.63, 3.8) is 0 Å². The number of ketones is 1. The molecule has 1 heterocycles. The third kappa shape index (κ3) is 4.49. The number of primary amides is 1. The van der Waals surface area contributed by atoms with E-state index in [1.54, 1.807) is 7.11 Å². The first-order chi connectivity index (χ1) is 16.5. The van der Waals surface area contributed by atoms with E-state index >= 15 is 0 Å². The molecule has 0 radical (unpaired) electrons. The molecule has 6 heteroatoms. The van der Waals surface area contributed by atoms with Crippen LogP contribution in [0.2, 0.25) is 0 Å². The molecule has 6 nitrogen and oxygen atoms in total. The molecule has 0 aliphatic heterocycles. The first-order valence-electron chi connectivity index (χ1n) is 12.1. The van der Waals surface area contributed by atoms with Crippen LogP contribution in [0, 0.1) is 5.92 Å². The smallest absolute Gasteiger partial charge is 0.404 e. The van der Waals surface area contributed by atoms with Crippen molar-refractivity contribution in [3.05, 3.63) is 71.0 Å². The molecule has 2 aromatic carbocycles. The van der Waals surface area contributed by atoms with Crippen LogP contribution in [0.25, 0.3) is 10.8 Å². The number of fused-ring (bicyclic) bond motifs is 1. The monoisotopic (exact) mass is 458 g/mol. The summed E-state index contributed by atoms with van der Waals surface area (Å²) in [5.41, 5.74) is 8.59. The number of hydrogen-bond donors (Lipinski definition) is 1. The minimum atomic E-state index is -0.842. The lowest BCUT2D eigenvalue weighted by molar-refractivity contribution is 0.0877. The number of nitrogens with two attached hydrogens (primary N) is 1. The number of ether oxygens (including phenoxy) is 2. The van der Waals surface area contributed by atoms with Crippen LogP contribution in [0.5, 0.6) is 5.75 Å². The van der Waals surface area contributed by atoms with Gasteiger partial charge in [0.15, 0.2) is 5.78 Å². The second-order valence-corrected chi connectivity index (χ2v) is 9.44. The fourth-order valence-electron chi connectivity index (χ4n) is 5.35. The van der Waals surface area contributed by atoms with Crippen molar-refractivity contribution in [2.75, 3.05) is 7.11 Å². The number of methoxy groups -OCH3 is 1. The van der Waals surface area contributed by atoms with Gasteiger partial charge in [-0.3, -0.25) is 4.79 Å². The highest BCUT2D eigenvalue weighted by Crippen LogP contribution is 2.44. The zero-order chi connectivity index (χ0) is 23.7. The highest BCUT2D eigenvalue weighted by Gasteiger charge is 2.34. The first-order valence-corrected chi connectivity index (χ1v) is 12.1. The van der Waals surface area contributed by atoms with Crippen molar-refractivity contribution >= 4 is 22.6 Å². The molecule has 2 saturated carbocycles. The average Bonchev–Trinajstić information content (AvgIpc) is 3.72. The molecule has 2 aliphatic rings. The van der Waals surface area contributed by atoms with Gasteiger partial charge < -0.3 is 15.2 Å². The number of hydrogen-bond acceptors (Lipinski definition) is 5. The summed E-state index contributed by atoms with van der Waals surface area (Å²) in [6.45, 7) is -0.0160. The minimum absolute atomic E-state index is 0.0160. The van der Waals surface area contributed by atoms with E-state index in [-0.39, 0.29) is 18.3 Å². The third-order valence-electron chi connectivity index (χ3n) is 7.27. The van der Waals surface area contributed by atoms with E-state index in [1.807, 2.05) is 18.2 Å². The topological polar surface area (TPSA) is 91.5 Å². The van der Waals surface area contributed by atoms with Crippen LogP contribution >= 0.6 is 0 Å². The number of pyridine rings is 1.